The van der Waals surface area contributed by atoms with Crippen LogP contribution in [0, 0.1) is 0 Å². The highest BCUT2D eigenvalue weighted by Gasteiger charge is 2.31. The molecule has 0 saturated carbocycles. The topological polar surface area (TPSA) is 49.4 Å². The number of hydrogen-bond acceptors (Lipinski definition) is 3. The maximum Gasteiger partial charge on any atom is 0.416 e. The van der Waals surface area contributed by atoms with E-state index < -0.39 is 27.8 Å². The van der Waals surface area contributed by atoms with E-state index >= 15 is 0 Å². The lowest BCUT2D eigenvalue weighted by molar-refractivity contribution is -0.137. The fourth-order valence-electron chi connectivity index (χ4n) is 2.38. The quantitative estimate of drug-likeness (QED) is 0.714. The van der Waals surface area contributed by atoms with Gasteiger partial charge in [0.05, 0.1) is 26.5 Å². The monoisotopic (exact) mass is 440 g/mol. The van der Waals surface area contributed by atoms with E-state index in [2.05, 4.69) is 4.72 Å². The average Bonchev–Trinajstić information content (AvgIpc) is 2.55. The maximum absolute atomic E-state index is 12.7. The van der Waals surface area contributed by atoms with Gasteiger partial charge in [-0.2, -0.15) is 13.2 Å². The second-order valence-electron chi connectivity index (χ2n) is 6.13. The summed E-state index contributed by atoms with van der Waals surface area (Å²) in [6, 6.07) is 7.37. The Balaban J connectivity index is 2.33. The first-order chi connectivity index (χ1) is 12.4. The molecule has 2 rings (SSSR count). The first kappa shape index (κ1) is 22.0. The van der Waals surface area contributed by atoms with Crippen LogP contribution in [0.15, 0.2) is 47.4 Å². The van der Waals surface area contributed by atoms with Crippen LogP contribution in [0.5, 0.6) is 0 Å². The largest absolute Gasteiger partial charge is 0.416 e. The number of halogens is 5. The van der Waals surface area contributed by atoms with Gasteiger partial charge in [-0.05, 0) is 56.1 Å². The zero-order valence-electron chi connectivity index (χ0n) is 14.4. The van der Waals surface area contributed by atoms with Crippen molar-refractivity contribution >= 4 is 33.2 Å². The molecule has 0 saturated heterocycles. The van der Waals surface area contributed by atoms with Crippen LogP contribution < -0.4 is 4.72 Å². The van der Waals surface area contributed by atoms with Crippen LogP contribution in [0.3, 0.4) is 0 Å². The van der Waals surface area contributed by atoms with Gasteiger partial charge in [-0.3, -0.25) is 0 Å². The highest BCUT2D eigenvalue weighted by molar-refractivity contribution is 7.89. The second kappa shape index (κ2) is 8.36. The summed E-state index contributed by atoms with van der Waals surface area (Å²) in [5, 5.41) is 0.598. The Kier molecular flexibility index (Phi) is 6.81. The summed E-state index contributed by atoms with van der Waals surface area (Å²) in [7, 11) is -0.537. The number of benzene rings is 2. The van der Waals surface area contributed by atoms with Gasteiger partial charge < -0.3 is 4.90 Å². The van der Waals surface area contributed by atoms with Crippen LogP contribution in [0.1, 0.15) is 17.2 Å². The third-order valence-electron chi connectivity index (χ3n) is 3.68. The summed E-state index contributed by atoms with van der Waals surface area (Å²) in [6.45, 7) is 0.303. The normalized spacial score (nSPS) is 13.8. The first-order valence-corrected chi connectivity index (χ1v) is 9.93. The number of sulfonamides is 1. The minimum Gasteiger partial charge on any atom is -0.307 e. The van der Waals surface area contributed by atoms with Crippen molar-refractivity contribution in [3.05, 3.63) is 63.6 Å². The van der Waals surface area contributed by atoms with Crippen LogP contribution in [0.2, 0.25) is 10.0 Å². The predicted octanol–water partition coefficient (Wildman–Crippen LogP) is 4.59. The first-order valence-electron chi connectivity index (χ1n) is 7.69. The number of likely N-dealkylation sites (N-methyl/N-ethyl adjacent to an activating group) is 1. The minimum absolute atomic E-state index is 0.265. The van der Waals surface area contributed by atoms with E-state index in [0.717, 1.165) is 24.3 Å². The number of rotatable bonds is 6. The Hall–Kier alpha value is -1.32. The van der Waals surface area contributed by atoms with Gasteiger partial charge in [-0.1, -0.05) is 29.3 Å². The second-order valence-corrected chi connectivity index (χ2v) is 8.66. The van der Waals surface area contributed by atoms with E-state index in [9.17, 15) is 21.6 Å². The minimum atomic E-state index is -4.54. The van der Waals surface area contributed by atoms with Gasteiger partial charge >= 0.3 is 6.18 Å². The molecule has 0 bridgehead atoms. The van der Waals surface area contributed by atoms with Crippen molar-refractivity contribution in [1.29, 1.82) is 0 Å². The smallest absolute Gasteiger partial charge is 0.307 e. The maximum atomic E-state index is 12.7. The third-order valence-corrected chi connectivity index (χ3v) is 5.91. The SMILES string of the molecule is CN(C)CC(NS(=O)(=O)c1ccc(C(F)(F)F)cc1)c1ccc(Cl)c(Cl)c1. The zero-order chi connectivity index (χ0) is 20.4. The molecule has 0 radical (unpaired) electrons. The summed E-state index contributed by atoms with van der Waals surface area (Å²) < 4.78 is 65.8. The molecule has 1 atom stereocenters. The van der Waals surface area contributed by atoms with Crippen molar-refractivity contribution in [3.8, 4) is 0 Å². The molecule has 0 fully saturated rings. The van der Waals surface area contributed by atoms with Crippen molar-refractivity contribution in [3.63, 3.8) is 0 Å². The van der Waals surface area contributed by atoms with Gasteiger partial charge in [0.1, 0.15) is 0 Å². The molecular formula is C17H17Cl2F3N2O2S. The molecule has 2 aromatic carbocycles. The molecule has 0 heterocycles. The zero-order valence-corrected chi connectivity index (χ0v) is 16.7. The van der Waals surface area contributed by atoms with Crippen LogP contribution >= 0.6 is 23.2 Å². The highest BCUT2D eigenvalue weighted by atomic mass is 35.5. The number of nitrogens with zero attached hydrogens (tertiary/aromatic N) is 1. The standard InChI is InChI=1S/C17H17Cl2F3N2O2S/c1-24(2)10-16(11-3-8-14(18)15(19)9-11)23-27(25,26)13-6-4-12(5-7-13)17(20,21)22/h3-9,16,23H,10H2,1-2H3. The van der Waals surface area contributed by atoms with Crippen LogP contribution in [-0.2, 0) is 16.2 Å². The van der Waals surface area contributed by atoms with Gasteiger partial charge in [0, 0.05) is 6.54 Å². The Morgan fingerprint density at radius 2 is 1.63 bits per heavy atom. The fraction of sp³-hybridized carbons (Fsp3) is 0.294. The van der Waals surface area contributed by atoms with E-state index in [1.54, 1.807) is 37.2 Å². The molecule has 4 nitrogen and oxygen atoms in total. The lowest BCUT2D eigenvalue weighted by Gasteiger charge is -2.23. The van der Waals surface area contributed by atoms with Crippen molar-refractivity contribution in [2.75, 3.05) is 20.6 Å². The number of hydrogen-bond donors (Lipinski definition) is 1. The molecule has 0 aliphatic carbocycles. The molecule has 0 amide bonds. The Morgan fingerprint density at radius 1 is 1.04 bits per heavy atom. The van der Waals surface area contributed by atoms with Gasteiger partial charge in [-0.25, -0.2) is 13.1 Å². The lowest BCUT2D eigenvalue weighted by atomic mass is 10.1. The lowest BCUT2D eigenvalue weighted by Crippen LogP contribution is -2.35. The Morgan fingerprint density at radius 3 is 2.11 bits per heavy atom. The molecule has 10 heteroatoms. The number of alkyl halides is 3. The Bertz CT molecular complexity index is 901. The van der Waals surface area contributed by atoms with Gasteiger partial charge in [0.2, 0.25) is 10.0 Å². The molecule has 148 valence electrons. The summed E-state index contributed by atoms with van der Waals surface area (Å²) in [6.07, 6.45) is -4.54. The van der Waals surface area contributed by atoms with Gasteiger partial charge in [0.15, 0.2) is 0 Å². The van der Waals surface area contributed by atoms with E-state index in [4.69, 9.17) is 23.2 Å². The highest BCUT2D eigenvalue weighted by Crippen LogP contribution is 2.30. The van der Waals surface area contributed by atoms with Crippen molar-refractivity contribution in [2.24, 2.45) is 0 Å². The van der Waals surface area contributed by atoms with Crippen molar-refractivity contribution < 1.29 is 21.6 Å². The molecule has 2 aromatic rings. The summed E-state index contributed by atoms with van der Waals surface area (Å²) in [5.41, 5.74) is -0.343. The number of nitrogens with one attached hydrogen (secondary N) is 1. The van der Waals surface area contributed by atoms with E-state index in [0.29, 0.717) is 17.1 Å². The molecular weight excluding hydrogens is 424 g/mol. The molecule has 0 spiro atoms. The molecule has 0 aliphatic heterocycles. The summed E-state index contributed by atoms with van der Waals surface area (Å²) in [5.74, 6) is 0. The molecule has 0 aliphatic rings. The van der Waals surface area contributed by atoms with Crippen LogP contribution in [0.4, 0.5) is 13.2 Å². The predicted molar refractivity (Wildman–Crippen MR) is 99.5 cm³/mol. The van der Waals surface area contributed by atoms with Gasteiger partial charge in [-0.15, -0.1) is 0 Å². The van der Waals surface area contributed by atoms with Crippen LogP contribution in [0.25, 0.3) is 0 Å². The van der Waals surface area contributed by atoms with Crippen molar-refractivity contribution in [2.45, 2.75) is 17.1 Å². The fourth-order valence-corrected chi connectivity index (χ4v) is 3.91. The summed E-state index contributed by atoms with van der Waals surface area (Å²) >= 11 is 11.9. The molecule has 0 aromatic heterocycles. The third kappa shape index (κ3) is 5.83. The van der Waals surface area contributed by atoms with E-state index in [-0.39, 0.29) is 9.92 Å². The van der Waals surface area contributed by atoms with Gasteiger partial charge in [0.25, 0.3) is 0 Å². The van der Waals surface area contributed by atoms with Crippen molar-refractivity contribution in [1.82, 2.24) is 9.62 Å². The van der Waals surface area contributed by atoms with Crippen LogP contribution in [-0.4, -0.2) is 34.0 Å². The average molecular weight is 441 g/mol. The van der Waals surface area contributed by atoms with E-state index in [1.165, 1.54) is 0 Å². The molecule has 1 N–H and O–H groups in total. The molecule has 27 heavy (non-hydrogen) atoms. The molecule has 1 unspecified atom stereocenters. The Labute approximate surface area is 165 Å². The van der Waals surface area contributed by atoms with E-state index in [1.807, 2.05) is 0 Å². The summed E-state index contributed by atoms with van der Waals surface area (Å²) in [4.78, 5) is 1.50.